The fourth-order valence-corrected chi connectivity index (χ4v) is 1.88. The zero-order chi connectivity index (χ0) is 11.5. The number of hydrogen-bond acceptors (Lipinski definition) is 3. The molecule has 1 atom stereocenters. The highest BCUT2D eigenvalue weighted by atomic mass is 16.5. The Balaban J connectivity index is 2.25. The van der Waals surface area contributed by atoms with Crippen molar-refractivity contribution in [1.29, 1.82) is 0 Å². The van der Waals surface area contributed by atoms with Crippen LogP contribution in [-0.4, -0.2) is 19.0 Å². The molecule has 4 nitrogen and oxygen atoms in total. The number of amides is 1. The van der Waals surface area contributed by atoms with Gasteiger partial charge in [-0.05, 0) is 24.5 Å². The monoisotopic (exact) mass is 219 g/mol. The Morgan fingerprint density at radius 2 is 2.19 bits per heavy atom. The van der Waals surface area contributed by atoms with Crippen molar-refractivity contribution in [3.63, 3.8) is 0 Å². The Morgan fingerprint density at radius 1 is 1.44 bits per heavy atom. The van der Waals surface area contributed by atoms with Crippen LogP contribution < -0.4 is 5.32 Å². The van der Waals surface area contributed by atoms with Gasteiger partial charge in [0, 0.05) is 5.69 Å². The standard InChI is InChI=1S/C12H13NO3/c1-16-12(15)9-7-6-8-4-2-3-5-10(8)13-11(9)14/h2-5,9H,6-7H2,1H3,(H,13,14). The molecule has 1 unspecified atom stereocenters. The van der Waals surface area contributed by atoms with Crippen molar-refractivity contribution in [3.8, 4) is 0 Å². The van der Waals surface area contributed by atoms with E-state index in [1.165, 1.54) is 7.11 Å². The summed E-state index contributed by atoms with van der Waals surface area (Å²) in [6.45, 7) is 0. The highest BCUT2D eigenvalue weighted by molar-refractivity contribution is 6.05. The van der Waals surface area contributed by atoms with E-state index in [1.807, 2.05) is 24.3 Å². The summed E-state index contributed by atoms with van der Waals surface area (Å²) in [5.41, 5.74) is 1.85. The zero-order valence-electron chi connectivity index (χ0n) is 9.03. The lowest BCUT2D eigenvalue weighted by molar-refractivity contribution is -0.148. The smallest absolute Gasteiger partial charge is 0.318 e. The van der Waals surface area contributed by atoms with Crippen LogP contribution in [0.4, 0.5) is 5.69 Å². The van der Waals surface area contributed by atoms with Gasteiger partial charge in [-0.15, -0.1) is 0 Å². The van der Waals surface area contributed by atoms with Gasteiger partial charge >= 0.3 is 5.97 Å². The first-order valence-electron chi connectivity index (χ1n) is 5.19. The van der Waals surface area contributed by atoms with Crippen LogP contribution in [0.3, 0.4) is 0 Å². The average molecular weight is 219 g/mol. The molecule has 1 N–H and O–H groups in total. The van der Waals surface area contributed by atoms with Crippen LogP contribution in [0.25, 0.3) is 0 Å². The third-order valence-corrected chi connectivity index (χ3v) is 2.78. The quantitative estimate of drug-likeness (QED) is 0.573. The van der Waals surface area contributed by atoms with Gasteiger partial charge in [-0.25, -0.2) is 0 Å². The number of benzene rings is 1. The molecule has 1 amide bonds. The second-order valence-electron chi connectivity index (χ2n) is 3.76. The van der Waals surface area contributed by atoms with Gasteiger partial charge in [-0.2, -0.15) is 0 Å². The Hall–Kier alpha value is -1.84. The summed E-state index contributed by atoms with van der Waals surface area (Å²) in [5, 5.41) is 2.75. The summed E-state index contributed by atoms with van der Waals surface area (Å²) < 4.78 is 4.61. The second-order valence-corrected chi connectivity index (χ2v) is 3.76. The van der Waals surface area contributed by atoms with Gasteiger partial charge < -0.3 is 10.1 Å². The highest BCUT2D eigenvalue weighted by Gasteiger charge is 2.30. The van der Waals surface area contributed by atoms with Crippen molar-refractivity contribution in [2.45, 2.75) is 12.8 Å². The number of carbonyl (C=O) groups excluding carboxylic acids is 2. The van der Waals surface area contributed by atoms with Crippen LogP contribution in [0, 0.1) is 5.92 Å². The summed E-state index contributed by atoms with van der Waals surface area (Å²) >= 11 is 0. The summed E-state index contributed by atoms with van der Waals surface area (Å²) in [4.78, 5) is 23.2. The Bertz CT molecular complexity index is 428. The minimum atomic E-state index is -0.697. The number of nitrogens with one attached hydrogen (secondary N) is 1. The van der Waals surface area contributed by atoms with E-state index in [2.05, 4.69) is 10.1 Å². The van der Waals surface area contributed by atoms with Crippen LogP contribution in [-0.2, 0) is 20.7 Å². The molecule has 0 radical (unpaired) electrons. The number of esters is 1. The van der Waals surface area contributed by atoms with E-state index < -0.39 is 11.9 Å². The van der Waals surface area contributed by atoms with Gasteiger partial charge in [0.2, 0.25) is 5.91 Å². The SMILES string of the molecule is COC(=O)C1CCc2ccccc2NC1=O. The topological polar surface area (TPSA) is 55.4 Å². The molecule has 1 aliphatic heterocycles. The molecule has 84 valence electrons. The molecule has 0 bridgehead atoms. The lowest BCUT2D eigenvalue weighted by atomic mass is 10.0. The van der Waals surface area contributed by atoms with Crippen LogP contribution >= 0.6 is 0 Å². The number of fused-ring (bicyclic) bond motifs is 1. The largest absolute Gasteiger partial charge is 0.468 e. The maximum Gasteiger partial charge on any atom is 0.318 e. The van der Waals surface area contributed by atoms with E-state index in [-0.39, 0.29) is 5.91 Å². The molecule has 1 heterocycles. The highest BCUT2D eigenvalue weighted by Crippen LogP contribution is 2.24. The van der Waals surface area contributed by atoms with E-state index in [9.17, 15) is 9.59 Å². The Labute approximate surface area is 93.6 Å². The Kier molecular flexibility index (Phi) is 2.90. The lowest BCUT2D eigenvalue weighted by Gasteiger charge is -2.09. The zero-order valence-corrected chi connectivity index (χ0v) is 9.03. The first-order chi connectivity index (χ1) is 7.72. The lowest BCUT2D eigenvalue weighted by Crippen LogP contribution is -2.29. The maximum atomic E-state index is 11.8. The fourth-order valence-electron chi connectivity index (χ4n) is 1.88. The molecule has 0 saturated heterocycles. The van der Waals surface area contributed by atoms with E-state index in [0.717, 1.165) is 11.3 Å². The molecule has 0 aliphatic carbocycles. The van der Waals surface area contributed by atoms with Gasteiger partial charge in [-0.3, -0.25) is 9.59 Å². The summed E-state index contributed by atoms with van der Waals surface area (Å²) in [5.74, 6) is -1.44. The minimum Gasteiger partial charge on any atom is -0.468 e. The number of aryl methyl sites for hydroxylation is 1. The van der Waals surface area contributed by atoms with Crippen molar-refractivity contribution in [2.24, 2.45) is 5.92 Å². The van der Waals surface area contributed by atoms with Crippen LogP contribution in [0.5, 0.6) is 0 Å². The minimum absolute atomic E-state index is 0.281. The van der Waals surface area contributed by atoms with Gasteiger partial charge in [-0.1, -0.05) is 18.2 Å². The number of hydrogen-bond donors (Lipinski definition) is 1. The van der Waals surface area contributed by atoms with E-state index in [4.69, 9.17) is 0 Å². The summed E-state index contributed by atoms with van der Waals surface area (Å²) in [6.07, 6.45) is 1.20. The molecule has 0 aromatic heterocycles. The van der Waals surface area contributed by atoms with E-state index >= 15 is 0 Å². The van der Waals surface area contributed by atoms with E-state index in [1.54, 1.807) is 0 Å². The van der Waals surface area contributed by atoms with Gasteiger partial charge in [0.25, 0.3) is 0 Å². The van der Waals surface area contributed by atoms with Crippen molar-refractivity contribution in [2.75, 3.05) is 12.4 Å². The third kappa shape index (κ3) is 1.91. The van der Waals surface area contributed by atoms with Crippen LogP contribution in [0.2, 0.25) is 0 Å². The molecular weight excluding hydrogens is 206 g/mol. The summed E-state index contributed by atoms with van der Waals surface area (Å²) in [6, 6.07) is 7.57. The van der Waals surface area contributed by atoms with Crippen molar-refractivity contribution in [3.05, 3.63) is 29.8 Å². The molecule has 0 spiro atoms. The number of methoxy groups -OCH3 is 1. The van der Waals surface area contributed by atoms with Gasteiger partial charge in [0.05, 0.1) is 7.11 Å². The van der Waals surface area contributed by atoms with E-state index in [0.29, 0.717) is 12.8 Å². The summed E-state index contributed by atoms with van der Waals surface area (Å²) in [7, 11) is 1.30. The number of ether oxygens (including phenoxy) is 1. The average Bonchev–Trinajstić information content (AvgIpc) is 2.46. The van der Waals surface area contributed by atoms with Crippen LogP contribution in [0.15, 0.2) is 24.3 Å². The fraction of sp³-hybridized carbons (Fsp3) is 0.333. The van der Waals surface area contributed by atoms with Crippen LogP contribution in [0.1, 0.15) is 12.0 Å². The molecule has 16 heavy (non-hydrogen) atoms. The number of carbonyl (C=O) groups is 2. The number of anilines is 1. The Morgan fingerprint density at radius 3 is 2.94 bits per heavy atom. The molecular formula is C12H13NO3. The molecule has 2 rings (SSSR count). The predicted octanol–water partition coefficient (Wildman–Crippen LogP) is 1.36. The molecule has 4 heteroatoms. The normalized spacial score (nSPS) is 19.3. The first-order valence-corrected chi connectivity index (χ1v) is 5.19. The first kappa shape index (κ1) is 10.7. The maximum absolute atomic E-state index is 11.8. The van der Waals surface area contributed by atoms with Gasteiger partial charge in [0.15, 0.2) is 0 Å². The van der Waals surface area contributed by atoms with Crippen molar-refractivity contribution < 1.29 is 14.3 Å². The van der Waals surface area contributed by atoms with Crippen molar-refractivity contribution in [1.82, 2.24) is 0 Å². The molecule has 0 saturated carbocycles. The number of para-hydroxylation sites is 1. The molecule has 0 fully saturated rings. The molecule has 1 aliphatic rings. The van der Waals surface area contributed by atoms with Crippen molar-refractivity contribution >= 4 is 17.6 Å². The van der Waals surface area contributed by atoms with Gasteiger partial charge in [0.1, 0.15) is 5.92 Å². The molecule has 1 aromatic carbocycles. The molecule has 1 aromatic rings. The predicted molar refractivity (Wildman–Crippen MR) is 58.9 cm³/mol. The number of rotatable bonds is 1. The second kappa shape index (κ2) is 4.35. The third-order valence-electron chi connectivity index (χ3n) is 2.78.